The van der Waals surface area contributed by atoms with Crippen LogP contribution >= 0.6 is 11.3 Å². The van der Waals surface area contributed by atoms with E-state index in [1.807, 2.05) is 6.92 Å². The third-order valence-corrected chi connectivity index (χ3v) is 10.6. The molecule has 3 aliphatic rings. The van der Waals surface area contributed by atoms with Crippen LogP contribution < -0.4 is 10.6 Å². The van der Waals surface area contributed by atoms with E-state index in [1.165, 1.54) is 42.0 Å². The lowest BCUT2D eigenvalue weighted by atomic mass is 9.47. The van der Waals surface area contributed by atoms with Gasteiger partial charge in [0.2, 0.25) is 5.91 Å². The van der Waals surface area contributed by atoms with E-state index < -0.39 is 17.3 Å². The monoisotopic (exact) mass is 543 g/mol. The predicted molar refractivity (Wildman–Crippen MR) is 145 cm³/mol. The summed E-state index contributed by atoms with van der Waals surface area (Å²) in [6.45, 7) is 3.98. The van der Waals surface area contributed by atoms with Gasteiger partial charge in [-0.1, -0.05) is 33.1 Å². The number of benzene rings is 1. The molecule has 0 spiro atoms. The van der Waals surface area contributed by atoms with Crippen LogP contribution in [0.5, 0.6) is 0 Å². The summed E-state index contributed by atoms with van der Waals surface area (Å²) in [4.78, 5) is 32.0. The lowest BCUT2D eigenvalue weighted by Crippen LogP contribution is -2.57. The van der Waals surface area contributed by atoms with Gasteiger partial charge >= 0.3 is 0 Å². The summed E-state index contributed by atoms with van der Waals surface area (Å²) in [5.41, 5.74) is 0.114. The second kappa shape index (κ2) is 10.7. The Morgan fingerprint density at radius 2 is 1.84 bits per heavy atom. The van der Waals surface area contributed by atoms with Crippen molar-refractivity contribution in [1.82, 2.24) is 10.3 Å². The topological polar surface area (TPSA) is 112 Å². The van der Waals surface area contributed by atoms with Gasteiger partial charge in [0.05, 0.1) is 18.4 Å². The fourth-order valence-electron chi connectivity index (χ4n) is 7.19. The van der Waals surface area contributed by atoms with Gasteiger partial charge in [0, 0.05) is 34.2 Å². The smallest absolute Gasteiger partial charge is 0.257 e. The molecule has 38 heavy (non-hydrogen) atoms. The normalized spacial score (nSPS) is 31.2. The van der Waals surface area contributed by atoms with Crippen LogP contribution in [-0.4, -0.2) is 45.8 Å². The largest absolute Gasteiger partial charge is 0.396 e. The Hall–Kier alpha value is -2.36. The first kappa shape index (κ1) is 27.2. The second-order valence-electron chi connectivity index (χ2n) is 11.9. The van der Waals surface area contributed by atoms with E-state index in [9.17, 15) is 24.2 Å². The minimum Gasteiger partial charge on any atom is -0.396 e. The van der Waals surface area contributed by atoms with Gasteiger partial charge in [0.25, 0.3) is 5.91 Å². The third kappa shape index (κ3) is 5.00. The van der Waals surface area contributed by atoms with Crippen LogP contribution in [0.1, 0.15) is 92.1 Å². The molecular weight excluding hydrogens is 505 g/mol. The number of carbonyl (C=O) groups is 2. The standard InChI is InChI=1S/C29H38FN3O4S/c1-28-13-12-23(35)29(2,16-34)22(28)15-21-25(20(28)14-24(36)31-19-6-4-3-5-7-19)32-27(38-21)33-26(37)17-8-10-18(30)11-9-17/h8-11,19-20,22-23,34-35H,3-7,12-16H2,1-2H3,(H,31,36)(H,32,33,37). The number of nitrogens with one attached hydrogen (secondary N) is 2. The molecule has 1 heterocycles. The first-order chi connectivity index (χ1) is 18.1. The summed E-state index contributed by atoms with van der Waals surface area (Å²) >= 11 is 1.38. The molecule has 5 unspecified atom stereocenters. The van der Waals surface area contributed by atoms with E-state index in [1.54, 1.807) is 0 Å². The Labute approximate surface area is 227 Å². The molecule has 7 nitrogen and oxygen atoms in total. The van der Waals surface area contributed by atoms with Crippen LogP contribution in [0.25, 0.3) is 0 Å². The first-order valence-corrected chi connectivity index (χ1v) is 14.6. The van der Waals surface area contributed by atoms with Gasteiger partial charge in [-0.05, 0) is 67.7 Å². The van der Waals surface area contributed by atoms with Gasteiger partial charge < -0.3 is 15.5 Å². The number of thiazole rings is 1. The molecule has 1 aromatic carbocycles. The van der Waals surface area contributed by atoms with E-state index in [2.05, 4.69) is 17.6 Å². The SMILES string of the molecule is CC1(CO)C(O)CCC2(C)C(CC(=O)NC3CCCCC3)c3nc(NC(=O)c4ccc(F)cc4)sc3CC12. The molecule has 0 aliphatic heterocycles. The van der Waals surface area contributed by atoms with Gasteiger partial charge in [-0.2, -0.15) is 0 Å². The summed E-state index contributed by atoms with van der Waals surface area (Å²) < 4.78 is 13.3. The Kier molecular flexibility index (Phi) is 7.64. The summed E-state index contributed by atoms with van der Waals surface area (Å²) in [5, 5.41) is 27.9. The maximum absolute atomic E-state index is 13.4. The number of halogens is 1. The number of amides is 2. The molecule has 5 atom stereocenters. The highest BCUT2D eigenvalue weighted by Gasteiger charge is 2.59. The van der Waals surface area contributed by atoms with Gasteiger partial charge in [0.15, 0.2) is 5.13 Å². The summed E-state index contributed by atoms with van der Waals surface area (Å²) in [7, 11) is 0. The van der Waals surface area contributed by atoms with Crippen molar-refractivity contribution < 1.29 is 24.2 Å². The molecule has 2 fully saturated rings. The van der Waals surface area contributed by atoms with Crippen LogP contribution in [0.15, 0.2) is 24.3 Å². The zero-order valence-electron chi connectivity index (χ0n) is 22.1. The van der Waals surface area contributed by atoms with Crippen molar-refractivity contribution in [3.8, 4) is 0 Å². The average Bonchev–Trinajstić information content (AvgIpc) is 3.30. The van der Waals surface area contributed by atoms with Gasteiger partial charge in [0.1, 0.15) is 5.82 Å². The fraction of sp³-hybridized carbons (Fsp3) is 0.621. The molecule has 1 aromatic heterocycles. The lowest BCUT2D eigenvalue weighted by Gasteiger charge is -2.58. The first-order valence-electron chi connectivity index (χ1n) is 13.8. The Balaban J connectivity index is 1.45. The van der Waals surface area contributed by atoms with Gasteiger partial charge in [-0.15, -0.1) is 11.3 Å². The van der Waals surface area contributed by atoms with Crippen molar-refractivity contribution in [3.63, 3.8) is 0 Å². The molecule has 2 saturated carbocycles. The van der Waals surface area contributed by atoms with E-state index in [4.69, 9.17) is 4.98 Å². The van der Waals surface area contributed by atoms with Crippen LogP contribution in [-0.2, 0) is 11.2 Å². The van der Waals surface area contributed by atoms with Crippen LogP contribution in [0.2, 0.25) is 0 Å². The van der Waals surface area contributed by atoms with E-state index in [0.717, 1.165) is 42.7 Å². The van der Waals surface area contributed by atoms with Gasteiger partial charge in [-0.3, -0.25) is 14.9 Å². The highest BCUT2D eigenvalue weighted by Crippen LogP contribution is 2.62. The van der Waals surface area contributed by atoms with Crippen molar-refractivity contribution in [2.24, 2.45) is 16.7 Å². The molecule has 4 N–H and O–H groups in total. The summed E-state index contributed by atoms with van der Waals surface area (Å²) in [6.07, 6.45) is 7.04. The van der Waals surface area contributed by atoms with Crippen molar-refractivity contribution in [2.75, 3.05) is 11.9 Å². The number of fused-ring (bicyclic) bond motifs is 2. The van der Waals surface area contributed by atoms with E-state index >= 15 is 0 Å². The number of aromatic nitrogens is 1. The van der Waals surface area contributed by atoms with E-state index in [-0.39, 0.29) is 48.1 Å². The second-order valence-corrected chi connectivity index (χ2v) is 13.0. The number of rotatable bonds is 6. The van der Waals surface area contributed by atoms with Crippen LogP contribution in [0.3, 0.4) is 0 Å². The van der Waals surface area contributed by atoms with Crippen molar-refractivity contribution >= 4 is 28.3 Å². The summed E-state index contributed by atoms with van der Waals surface area (Å²) in [5.74, 6) is -1.03. The number of hydrogen-bond acceptors (Lipinski definition) is 6. The predicted octanol–water partition coefficient (Wildman–Crippen LogP) is 4.79. The van der Waals surface area contributed by atoms with E-state index in [0.29, 0.717) is 23.5 Å². The molecule has 2 amide bonds. The fourth-order valence-corrected chi connectivity index (χ4v) is 8.25. The number of aliphatic hydroxyl groups excluding tert-OH is 2. The summed E-state index contributed by atoms with van der Waals surface area (Å²) in [6, 6.07) is 5.56. The Morgan fingerprint density at radius 3 is 2.53 bits per heavy atom. The zero-order valence-corrected chi connectivity index (χ0v) is 23.0. The number of nitrogens with zero attached hydrogens (tertiary/aromatic N) is 1. The van der Waals surface area contributed by atoms with Crippen molar-refractivity contribution in [2.45, 2.75) is 89.7 Å². The van der Waals surface area contributed by atoms with Gasteiger partial charge in [-0.25, -0.2) is 9.37 Å². The lowest BCUT2D eigenvalue weighted by molar-refractivity contribution is -0.144. The average molecular weight is 544 g/mol. The molecular formula is C29H38FN3O4S. The minimum atomic E-state index is -0.704. The molecule has 0 bridgehead atoms. The Bertz CT molecular complexity index is 1180. The highest BCUT2D eigenvalue weighted by molar-refractivity contribution is 7.15. The number of carbonyl (C=O) groups excluding carboxylic acids is 2. The molecule has 3 aliphatic carbocycles. The Morgan fingerprint density at radius 1 is 1.13 bits per heavy atom. The van der Waals surface area contributed by atoms with Crippen molar-refractivity contribution in [1.29, 1.82) is 0 Å². The zero-order chi connectivity index (χ0) is 27.1. The number of hydrogen-bond donors (Lipinski definition) is 4. The molecule has 0 saturated heterocycles. The number of aliphatic hydroxyl groups is 2. The molecule has 5 rings (SSSR count). The highest BCUT2D eigenvalue weighted by atomic mass is 32.1. The molecule has 0 radical (unpaired) electrons. The molecule has 9 heteroatoms. The van der Waals surface area contributed by atoms with Crippen LogP contribution in [0, 0.1) is 22.6 Å². The third-order valence-electron chi connectivity index (χ3n) is 9.58. The quantitative estimate of drug-likeness (QED) is 0.419. The maximum atomic E-state index is 13.4. The molecule has 206 valence electrons. The van der Waals surface area contributed by atoms with Crippen LogP contribution in [0.4, 0.5) is 9.52 Å². The number of anilines is 1. The minimum absolute atomic E-state index is 0.0106. The maximum Gasteiger partial charge on any atom is 0.257 e. The van der Waals surface area contributed by atoms with Crippen molar-refractivity contribution in [3.05, 3.63) is 46.2 Å². The molecule has 2 aromatic rings.